The fraction of sp³-hybridized carbons (Fsp3) is 0.188. The zero-order valence-corrected chi connectivity index (χ0v) is 15.3. The highest BCUT2D eigenvalue weighted by molar-refractivity contribution is 9.10. The van der Waals surface area contributed by atoms with E-state index in [1.54, 1.807) is 43.5 Å². The molecule has 122 valence electrons. The molecule has 2 rings (SSSR count). The van der Waals surface area contributed by atoms with Crippen molar-refractivity contribution in [2.24, 2.45) is 0 Å². The number of benzene rings is 2. The van der Waals surface area contributed by atoms with Gasteiger partial charge in [-0.05, 0) is 52.3 Å². The molecule has 0 spiro atoms. The average molecular weight is 419 g/mol. The maximum atomic E-state index is 12.3. The Labute approximate surface area is 152 Å². The minimum absolute atomic E-state index is 0.279. The Balaban J connectivity index is 2.09. The normalized spacial score (nSPS) is 10.4. The van der Waals surface area contributed by atoms with Crippen molar-refractivity contribution < 1.29 is 14.3 Å². The van der Waals surface area contributed by atoms with Crippen molar-refractivity contribution in [1.29, 1.82) is 0 Å². The molecule has 0 aliphatic heterocycles. The average Bonchev–Trinajstić information content (AvgIpc) is 2.51. The number of hydrogen-bond donors (Lipinski definition) is 1. The van der Waals surface area contributed by atoms with E-state index in [1.165, 1.54) is 0 Å². The van der Waals surface area contributed by atoms with Gasteiger partial charge in [-0.15, -0.1) is 0 Å². The summed E-state index contributed by atoms with van der Waals surface area (Å²) in [6, 6.07) is 9.96. The minimum atomic E-state index is -0.279. The van der Waals surface area contributed by atoms with E-state index < -0.39 is 0 Å². The highest BCUT2D eigenvalue weighted by atomic mass is 79.9. The van der Waals surface area contributed by atoms with Gasteiger partial charge in [-0.1, -0.05) is 23.2 Å². The van der Waals surface area contributed by atoms with Gasteiger partial charge in [-0.3, -0.25) is 4.79 Å². The van der Waals surface area contributed by atoms with Crippen molar-refractivity contribution in [2.45, 2.75) is 0 Å². The van der Waals surface area contributed by atoms with Gasteiger partial charge in [-0.25, -0.2) is 0 Å². The lowest BCUT2D eigenvalue weighted by atomic mass is 10.2. The largest absolute Gasteiger partial charge is 0.490 e. The van der Waals surface area contributed by atoms with E-state index in [1.807, 2.05) is 0 Å². The molecule has 0 heterocycles. The summed E-state index contributed by atoms with van der Waals surface area (Å²) >= 11 is 15.3. The number of carbonyl (C=O) groups excluding carboxylic acids is 1. The summed E-state index contributed by atoms with van der Waals surface area (Å²) in [6.45, 7) is 0.921. The van der Waals surface area contributed by atoms with E-state index in [9.17, 15) is 4.79 Å². The Kier molecular flexibility index (Phi) is 6.72. The van der Waals surface area contributed by atoms with Gasteiger partial charge >= 0.3 is 0 Å². The highest BCUT2D eigenvalue weighted by Crippen LogP contribution is 2.28. The predicted molar refractivity (Wildman–Crippen MR) is 95.9 cm³/mol. The number of carbonyl (C=O) groups is 1. The van der Waals surface area contributed by atoms with Gasteiger partial charge in [0, 0.05) is 17.7 Å². The van der Waals surface area contributed by atoms with Gasteiger partial charge in [0.1, 0.15) is 12.4 Å². The number of rotatable bonds is 6. The molecule has 0 atom stereocenters. The molecule has 1 N–H and O–H groups in total. The van der Waals surface area contributed by atoms with Gasteiger partial charge in [0.05, 0.1) is 21.8 Å². The van der Waals surface area contributed by atoms with Crippen LogP contribution in [-0.4, -0.2) is 26.2 Å². The smallest absolute Gasteiger partial charge is 0.255 e. The van der Waals surface area contributed by atoms with E-state index in [0.29, 0.717) is 44.7 Å². The first kappa shape index (κ1) is 18.1. The van der Waals surface area contributed by atoms with E-state index in [-0.39, 0.29) is 5.91 Å². The number of ether oxygens (including phenoxy) is 2. The number of methoxy groups -OCH3 is 1. The summed E-state index contributed by atoms with van der Waals surface area (Å²) < 4.78 is 11.1. The molecule has 0 aliphatic carbocycles. The van der Waals surface area contributed by atoms with Crippen LogP contribution in [0, 0.1) is 0 Å². The van der Waals surface area contributed by atoms with E-state index in [0.717, 1.165) is 0 Å². The molecule has 23 heavy (non-hydrogen) atoms. The third-order valence-corrected chi connectivity index (χ3v) is 4.09. The van der Waals surface area contributed by atoms with E-state index in [2.05, 4.69) is 21.2 Å². The molecule has 0 unspecified atom stereocenters. The maximum absolute atomic E-state index is 12.3. The summed E-state index contributed by atoms with van der Waals surface area (Å²) in [6.07, 6.45) is 0. The van der Waals surface area contributed by atoms with Crippen LogP contribution in [0.5, 0.6) is 5.75 Å². The first-order valence-corrected chi connectivity index (χ1v) is 8.24. The van der Waals surface area contributed by atoms with Gasteiger partial charge in [0.25, 0.3) is 5.91 Å². The van der Waals surface area contributed by atoms with Gasteiger partial charge < -0.3 is 14.8 Å². The Hall–Kier alpha value is -1.27. The van der Waals surface area contributed by atoms with Crippen molar-refractivity contribution in [2.75, 3.05) is 25.6 Å². The van der Waals surface area contributed by atoms with Gasteiger partial charge in [0.15, 0.2) is 0 Å². The zero-order chi connectivity index (χ0) is 16.8. The van der Waals surface area contributed by atoms with Crippen LogP contribution in [0.2, 0.25) is 10.0 Å². The van der Waals surface area contributed by atoms with Crippen molar-refractivity contribution in [3.8, 4) is 5.75 Å². The Morgan fingerprint density at radius 2 is 1.96 bits per heavy atom. The van der Waals surface area contributed by atoms with Crippen LogP contribution in [0.3, 0.4) is 0 Å². The molecule has 1 amide bonds. The SMILES string of the molecule is COCCOc1ccc(C(=O)Nc2ccc(Cl)cc2Cl)cc1Br. The summed E-state index contributed by atoms with van der Waals surface area (Å²) in [4.78, 5) is 12.3. The second kappa shape index (κ2) is 8.55. The second-order valence-electron chi connectivity index (χ2n) is 4.56. The van der Waals surface area contributed by atoms with Crippen molar-refractivity contribution in [1.82, 2.24) is 0 Å². The Morgan fingerprint density at radius 3 is 2.61 bits per heavy atom. The molecule has 4 nitrogen and oxygen atoms in total. The standard InChI is InChI=1S/C16H14BrCl2NO3/c1-22-6-7-23-15-5-2-10(8-12(15)17)16(21)20-14-4-3-11(18)9-13(14)19/h2-5,8-9H,6-7H2,1H3,(H,20,21). The molecule has 0 fully saturated rings. The molecule has 7 heteroatoms. The monoisotopic (exact) mass is 417 g/mol. The van der Waals surface area contributed by atoms with Crippen LogP contribution in [-0.2, 0) is 4.74 Å². The number of hydrogen-bond acceptors (Lipinski definition) is 3. The maximum Gasteiger partial charge on any atom is 0.255 e. The molecule has 0 aromatic heterocycles. The first-order chi connectivity index (χ1) is 11.0. The number of anilines is 1. The third-order valence-electron chi connectivity index (χ3n) is 2.92. The molecule has 2 aromatic rings. The van der Waals surface area contributed by atoms with Crippen LogP contribution < -0.4 is 10.1 Å². The van der Waals surface area contributed by atoms with Gasteiger partial charge in [0.2, 0.25) is 0 Å². The third kappa shape index (κ3) is 5.11. The molecular weight excluding hydrogens is 405 g/mol. The van der Waals surface area contributed by atoms with Crippen LogP contribution >= 0.6 is 39.1 Å². The van der Waals surface area contributed by atoms with Crippen molar-refractivity contribution >= 4 is 50.7 Å². The molecule has 0 saturated carbocycles. The first-order valence-electron chi connectivity index (χ1n) is 6.69. The molecule has 0 saturated heterocycles. The fourth-order valence-electron chi connectivity index (χ4n) is 1.78. The van der Waals surface area contributed by atoms with Gasteiger partial charge in [-0.2, -0.15) is 0 Å². The Bertz CT molecular complexity index is 710. The van der Waals surface area contributed by atoms with Crippen LogP contribution in [0.4, 0.5) is 5.69 Å². The van der Waals surface area contributed by atoms with Crippen LogP contribution in [0.25, 0.3) is 0 Å². The summed E-state index contributed by atoms with van der Waals surface area (Å²) in [5, 5.41) is 3.63. The lowest BCUT2D eigenvalue weighted by Gasteiger charge is -2.10. The van der Waals surface area contributed by atoms with Crippen LogP contribution in [0.15, 0.2) is 40.9 Å². The number of halogens is 3. The number of amides is 1. The lowest BCUT2D eigenvalue weighted by molar-refractivity contribution is 0.102. The van der Waals surface area contributed by atoms with Crippen molar-refractivity contribution in [3.05, 3.63) is 56.5 Å². The second-order valence-corrected chi connectivity index (χ2v) is 6.26. The molecule has 2 aromatic carbocycles. The molecular formula is C16H14BrCl2NO3. The summed E-state index contributed by atoms with van der Waals surface area (Å²) in [5.41, 5.74) is 0.972. The topological polar surface area (TPSA) is 47.6 Å². The summed E-state index contributed by atoms with van der Waals surface area (Å²) in [7, 11) is 1.60. The number of nitrogens with one attached hydrogen (secondary N) is 1. The fourth-order valence-corrected chi connectivity index (χ4v) is 2.73. The minimum Gasteiger partial charge on any atom is -0.490 e. The zero-order valence-electron chi connectivity index (χ0n) is 12.2. The summed E-state index contributed by atoms with van der Waals surface area (Å²) in [5.74, 6) is 0.362. The highest BCUT2D eigenvalue weighted by Gasteiger charge is 2.11. The van der Waals surface area contributed by atoms with E-state index >= 15 is 0 Å². The molecule has 0 aliphatic rings. The molecule has 0 radical (unpaired) electrons. The predicted octanol–water partition coefficient (Wildman–Crippen LogP) is 5.03. The Morgan fingerprint density at radius 1 is 1.17 bits per heavy atom. The molecule has 0 bridgehead atoms. The van der Waals surface area contributed by atoms with E-state index in [4.69, 9.17) is 32.7 Å². The lowest BCUT2D eigenvalue weighted by Crippen LogP contribution is -2.12. The van der Waals surface area contributed by atoms with Crippen molar-refractivity contribution in [3.63, 3.8) is 0 Å². The van der Waals surface area contributed by atoms with Crippen LogP contribution in [0.1, 0.15) is 10.4 Å². The quantitative estimate of drug-likeness (QED) is 0.669.